The monoisotopic (exact) mass is 548 g/mol. The van der Waals surface area contributed by atoms with E-state index < -0.39 is 41.2 Å². The second-order valence-corrected chi connectivity index (χ2v) is 8.88. The largest absolute Gasteiger partial charge is 0.471 e. The number of halogens is 6. The van der Waals surface area contributed by atoms with E-state index in [1.165, 1.54) is 29.2 Å². The molecule has 1 atom stereocenters. The summed E-state index contributed by atoms with van der Waals surface area (Å²) >= 11 is 0.320. The molecule has 1 fully saturated rings. The van der Waals surface area contributed by atoms with E-state index in [0.29, 0.717) is 30.0 Å². The predicted molar refractivity (Wildman–Crippen MR) is 118 cm³/mol. The first-order valence-corrected chi connectivity index (χ1v) is 11.7. The molecule has 4 rings (SSSR count). The summed E-state index contributed by atoms with van der Waals surface area (Å²) in [7, 11) is 0. The fourth-order valence-corrected chi connectivity index (χ4v) is 4.31. The summed E-state index contributed by atoms with van der Waals surface area (Å²) in [5, 5.41) is 8.41. The second-order valence-electron chi connectivity index (χ2n) is 8.02. The molecule has 0 aliphatic carbocycles. The van der Waals surface area contributed by atoms with Gasteiger partial charge in [0.05, 0.1) is 6.04 Å². The Morgan fingerprint density at radius 3 is 2.41 bits per heavy atom. The molecule has 2 N–H and O–H groups in total. The molecule has 16 heteroatoms. The summed E-state index contributed by atoms with van der Waals surface area (Å²) in [6, 6.07) is 4.86. The normalized spacial score (nSPS) is 16.5. The van der Waals surface area contributed by atoms with E-state index in [1.807, 2.05) is 0 Å². The van der Waals surface area contributed by atoms with Crippen molar-refractivity contribution in [1.29, 1.82) is 0 Å². The Bertz CT molecular complexity index is 1260. The molecule has 3 heterocycles. The van der Waals surface area contributed by atoms with Gasteiger partial charge in [-0.2, -0.15) is 31.3 Å². The topological polar surface area (TPSA) is 113 Å². The number of hydrogen-bond acceptors (Lipinski definition) is 7. The molecule has 1 aliphatic heterocycles. The number of aromatic nitrogens is 3. The minimum atomic E-state index is -4.77. The molecule has 1 unspecified atom stereocenters. The lowest BCUT2D eigenvalue weighted by Crippen LogP contribution is -2.50. The van der Waals surface area contributed by atoms with Crippen molar-refractivity contribution in [2.45, 2.75) is 37.7 Å². The molecule has 0 saturated carbocycles. The van der Waals surface area contributed by atoms with Crippen molar-refractivity contribution < 1.29 is 40.5 Å². The van der Waals surface area contributed by atoms with Gasteiger partial charge in [0.15, 0.2) is 5.01 Å². The maximum absolute atomic E-state index is 12.9. The molecule has 198 valence electrons. The molecule has 0 bridgehead atoms. The van der Waals surface area contributed by atoms with E-state index in [1.54, 1.807) is 0 Å². The number of anilines is 1. The van der Waals surface area contributed by atoms with Gasteiger partial charge in [0.1, 0.15) is 5.69 Å². The van der Waals surface area contributed by atoms with Crippen LogP contribution in [0.5, 0.6) is 0 Å². The Kier molecular flexibility index (Phi) is 7.38. The summed E-state index contributed by atoms with van der Waals surface area (Å²) in [6.45, 7) is 0.409. The van der Waals surface area contributed by atoms with E-state index in [9.17, 15) is 35.9 Å². The number of alkyl halides is 6. The summed E-state index contributed by atoms with van der Waals surface area (Å²) in [5.41, 5.74) is 0.239. The number of carbonyl (C=O) groups is 2. The van der Waals surface area contributed by atoms with Crippen LogP contribution in [-0.2, 0) is 12.4 Å². The summed E-state index contributed by atoms with van der Waals surface area (Å²) in [6.07, 6.45) is -7.33. The molecular weight excluding hydrogens is 530 g/mol. The van der Waals surface area contributed by atoms with Gasteiger partial charge in [-0.3, -0.25) is 4.79 Å². The van der Waals surface area contributed by atoms with Gasteiger partial charge >= 0.3 is 24.3 Å². The maximum Gasteiger partial charge on any atom is 0.471 e. The number of piperidine rings is 1. The fraction of sp³-hybridized carbons (Fsp3) is 0.381. The number of nitrogens with one attached hydrogen (secondary N) is 2. The predicted octanol–water partition coefficient (Wildman–Crippen LogP) is 5.05. The third kappa shape index (κ3) is 6.36. The van der Waals surface area contributed by atoms with Crippen molar-refractivity contribution >= 4 is 29.0 Å². The molecule has 1 aromatic carbocycles. The van der Waals surface area contributed by atoms with Crippen molar-refractivity contribution in [3.63, 3.8) is 0 Å². The zero-order valence-electron chi connectivity index (χ0n) is 18.7. The highest BCUT2D eigenvalue weighted by atomic mass is 32.1. The summed E-state index contributed by atoms with van der Waals surface area (Å²) in [4.78, 5) is 33.3. The number of hydrogen-bond donors (Lipinski definition) is 2. The molecule has 3 aromatic rings. The van der Waals surface area contributed by atoms with Crippen LogP contribution < -0.4 is 10.6 Å². The number of rotatable bonds is 5. The Morgan fingerprint density at radius 1 is 1.05 bits per heavy atom. The number of nitrogens with zero attached hydrogens (tertiary/aromatic N) is 4. The van der Waals surface area contributed by atoms with Gasteiger partial charge in [0, 0.05) is 29.7 Å². The van der Waals surface area contributed by atoms with Gasteiger partial charge in [-0.05, 0) is 43.5 Å². The average molecular weight is 548 g/mol. The highest BCUT2D eigenvalue weighted by Crippen LogP contribution is 2.32. The third-order valence-corrected chi connectivity index (χ3v) is 6.32. The first-order chi connectivity index (χ1) is 17.4. The quantitative estimate of drug-likeness (QED) is 0.432. The zero-order chi connectivity index (χ0) is 26.8. The van der Waals surface area contributed by atoms with Gasteiger partial charge in [0.25, 0.3) is 5.91 Å². The van der Waals surface area contributed by atoms with Crippen molar-refractivity contribution in [3.05, 3.63) is 46.2 Å². The highest BCUT2D eigenvalue weighted by molar-refractivity contribution is 7.09. The number of likely N-dealkylation sites (tertiary alicyclic amines) is 1. The van der Waals surface area contributed by atoms with Crippen LogP contribution in [0.2, 0.25) is 0 Å². The van der Waals surface area contributed by atoms with Gasteiger partial charge in [-0.1, -0.05) is 5.16 Å². The summed E-state index contributed by atoms with van der Waals surface area (Å²) in [5.74, 6) is -2.51. The Balaban J connectivity index is 1.35. The third-order valence-electron chi connectivity index (χ3n) is 5.43. The van der Waals surface area contributed by atoms with Crippen molar-refractivity contribution in [2.75, 3.05) is 18.4 Å². The number of amides is 3. The molecule has 1 saturated heterocycles. The lowest BCUT2D eigenvalue weighted by molar-refractivity contribution is -0.159. The minimum Gasteiger partial charge on any atom is -0.349 e. The highest BCUT2D eigenvalue weighted by Gasteiger charge is 2.38. The summed E-state index contributed by atoms with van der Waals surface area (Å²) < 4.78 is 80.3. The maximum atomic E-state index is 12.9. The van der Waals surface area contributed by atoms with E-state index in [-0.39, 0.29) is 23.6 Å². The molecule has 2 aromatic heterocycles. The van der Waals surface area contributed by atoms with Crippen LogP contribution in [0.15, 0.2) is 34.2 Å². The standard InChI is InChI=1S/C21H18F6N6O3S/c22-20(23,24)17-31-15(32-36-17)11-4-6-12(7-5-11)29-19(35)33-8-2-1-3-13(33)9-28-16(34)14-10-37-18(30-14)21(25,26)27/h4-7,10,13H,1-3,8-9H2,(H,28,34)(H,29,35). The fourth-order valence-electron chi connectivity index (χ4n) is 3.64. The first-order valence-electron chi connectivity index (χ1n) is 10.8. The minimum absolute atomic E-state index is 0.0173. The molecule has 0 radical (unpaired) electrons. The Morgan fingerprint density at radius 2 is 1.78 bits per heavy atom. The number of urea groups is 1. The molecular formula is C21H18F6N6O3S. The molecule has 1 aliphatic rings. The smallest absolute Gasteiger partial charge is 0.349 e. The van der Waals surface area contributed by atoms with E-state index in [0.717, 1.165) is 18.2 Å². The van der Waals surface area contributed by atoms with E-state index in [4.69, 9.17) is 0 Å². The number of benzene rings is 1. The molecule has 9 nitrogen and oxygen atoms in total. The van der Waals surface area contributed by atoms with Crippen LogP contribution in [-0.4, -0.2) is 51.1 Å². The van der Waals surface area contributed by atoms with Crippen LogP contribution in [0.4, 0.5) is 36.8 Å². The van der Waals surface area contributed by atoms with Gasteiger partial charge in [0.2, 0.25) is 5.82 Å². The van der Waals surface area contributed by atoms with Gasteiger partial charge in [-0.15, -0.1) is 11.3 Å². The van der Waals surface area contributed by atoms with Crippen LogP contribution in [0.1, 0.15) is 40.6 Å². The van der Waals surface area contributed by atoms with E-state index in [2.05, 4.69) is 30.3 Å². The second kappa shape index (κ2) is 10.4. The number of thiazole rings is 1. The lowest BCUT2D eigenvalue weighted by Gasteiger charge is -2.35. The Hall–Kier alpha value is -3.69. The lowest BCUT2D eigenvalue weighted by atomic mass is 10.0. The Labute approximate surface area is 208 Å². The molecule has 37 heavy (non-hydrogen) atoms. The van der Waals surface area contributed by atoms with Crippen LogP contribution in [0.3, 0.4) is 0 Å². The van der Waals surface area contributed by atoms with Gasteiger partial charge in [-0.25, -0.2) is 9.78 Å². The van der Waals surface area contributed by atoms with Crippen LogP contribution in [0, 0.1) is 0 Å². The van der Waals surface area contributed by atoms with Crippen LogP contribution >= 0.6 is 11.3 Å². The zero-order valence-corrected chi connectivity index (χ0v) is 19.5. The number of carbonyl (C=O) groups excluding carboxylic acids is 2. The van der Waals surface area contributed by atoms with Crippen LogP contribution in [0.25, 0.3) is 11.4 Å². The van der Waals surface area contributed by atoms with Crippen molar-refractivity contribution in [1.82, 2.24) is 25.3 Å². The van der Waals surface area contributed by atoms with Crippen molar-refractivity contribution in [3.8, 4) is 11.4 Å². The SMILES string of the molecule is O=C(NCC1CCCCN1C(=O)Nc1ccc(-c2noc(C(F)(F)F)n2)cc1)c1csc(C(F)(F)F)n1. The van der Waals surface area contributed by atoms with Gasteiger partial charge < -0.3 is 20.1 Å². The van der Waals surface area contributed by atoms with Crippen molar-refractivity contribution in [2.24, 2.45) is 0 Å². The van der Waals surface area contributed by atoms with E-state index >= 15 is 0 Å². The first kappa shape index (κ1) is 26.4. The average Bonchev–Trinajstić information content (AvgIpc) is 3.53. The molecule has 3 amide bonds. The molecule has 0 spiro atoms.